The lowest BCUT2D eigenvalue weighted by atomic mass is 9.98. The SMILES string of the molecule is CCCCCCCCCCC(CO)c1ccco1. The Morgan fingerprint density at radius 1 is 1.06 bits per heavy atom. The van der Waals surface area contributed by atoms with Crippen LogP contribution in [0.4, 0.5) is 0 Å². The van der Waals surface area contributed by atoms with Crippen molar-refractivity contribution in [2.75, 3.05) is 6.61 Å². The molecule has 0 bridgehead atoms. The van der Waals surface area contributed by atoms with E-state index in [4.69, 9.17) is 4.42 Å². The molecular formula is C16H28O2. The van der Waals surface area contributed by atoms with Crippen molar-refractivity contribution in [3.8, 4) is 0 Å². The van der Waals surface area contributed by atoms with Crippen LogP contribution in [0.2, 0.25) is 0 Å². The molecule has 2 heteroatoms. The lowest BCUT2D eigenvalue weighted by Crippen LogP contribution is -2.02. The van der Waals surface area contributed by atoms with Gasteiger partial charge in [0.15, 0.2) is 0 Å². The van der Waals surface area contributed by atoms with Gasteiger partial charge in [0.25, 0.3) is 0 Å². The summed E-state index contributed by atoms with van der Waals surface area (Å²) in [7, 11) is 0. The molecule has 1 aromatic rings. The third kappa shape index (κ3) is 6.25. The fraction of sp³-hybridized carbons (Fsp3) is 0.750. The van der Waals surface area contributed by atoms with Crippen molar-refractivity contribution in [1.82, 2.24) is 0 Å². The highest BCUT2D eigenvalue weighted by Gasteiger charge is 2.12. The molecule has 0 saturated heterocycles. The Hall–Kier alpha value is -0.760. The molecule has 0 radical (unpaired) electrons. The fourth-order valence-corrected chi connectivity index (χ4v) is 2.37. The predicted molar refractivity (Wildman–Crippen MR) is 75.8 cm³/mol. The van der Waals surface area contributed by atoms with E-state index in [1.807, 2.05) is 12.1 Å². The summed E-state index contributed by atoms with van der Waals surface area (Å²) in [6.07, 6.45) is 13.4. The normalized spacial score (nSPS) is 12.8. The van der Waals surface area contributed by atoms with Gasteiger partial charge in [-0.1, -0.05) is 58.3 Å². The Kier molecular flexibility index (Phi) is 8.66. The van der Waals surface area contributed by atoms with Crippen LogP contribution in [-0.2, 0) is 0 Å². The highest BCUT2D eigenvalue weighted by atomic mass is 16.3. The quantitative estimate of drug-likeness (QED) is 0.569. The van der Waals surface area contributed by atoms with Gasteiger partial charge in [-0.15, -0.1) is 0 Å². The van der Waals surface area contributed by atoms with Crippen LogP contribution < -0.4 is 0 Å². The molecule has 1 atom stereocenters. The van der Waals surface area contributed by atoms with E-state index in [-0.39, 0.29) is 12.5 Å². The molecule has 1 unspecified atom stereocenters. The first-order chi connectivity index (χ1) is 8.88. The third-order valence-corrected chi connectivity index (χ3v) is 3.57. The van der Waals surface area contributed by atoms with Gasteiger partial charge in [0, 0.05) is 5.92 Å². The van der Waals surface area contributed by atoms with E-state index in [0.717, 1.165) is 12.2 Å². The van der Waals surface area contributed by atoms with Crippen molar-refractivity contribution in [3.63, 3.8) is 0 Å². The molecule has 0 aliphatic rings. The van der Waals surface area contributed by atoms with Crippen molar-refractivity contribution in [3.05, 3.63) is 24.2 Å². The second-order valence-electron chi connectivity index (χ2n) is 5.16. The van der Waals surface area contributed by atoms with Gasteiger partial charge in [-0.2, -0.15) is 0 Å². The summed E-state index contributed by atoms with van der Waals surface area (Å²) in [6, 6.07) is 3.86. The number of rotatable bonds is 11. The zero-order valence-electron chi connectivity index (χ0n) is 11.7. The van der Waals surface area contributed by atoms with E-state index < -0.39 is 0 Å². The van der Waals surface area contributed by atoms with Crippen molar-refractivity contribution in [1.29, 1.82) is 0 Å². The van der Waals surface area contributed by atoms with Crippen LogP contribution in [0.15, 0.2) is 22.8 Å². The van der Waals surface area contributed by atoms with E-state index in [2.05, 4.69) is 6.92 Å². The molecule has 0 amide bonds. The molecule has 0 fully saturated rings. The minimum absolute atomic E-state index is 0.195. The highest BCUT2D eigenvalue weighted by molar-refractivity contribution is 5.04. The van der Waals surface area contributed by atoms with Gasteiger partial charge in [-0.3, -0.25) is 0 Å². The van der Waals surface area contributed by atoms with Crippen molar-refractivity contribution < 1.29 is 9.52 Å². The molecule has 2 nitrogen and oxygen atoms in total. The van der Waals surface area contributed by atoms with Gasteiger partial charge in [-0.25, -0.2) is 0 Å². The second kappa shape index (κ2) is 10.2. The molecule has 104 valence electrons. The average Bonchev–Trinajstić information content (AvgIpc) is 2.91. The van der Waals surface area contributed by atoms with Crippen LogP contribution in [0.1, 0.15) is 76.4 Å². The molecule has 1 heterocycles. The van der Waals surface area contributed by atoms with Crippen LogP contribution in [-0.4, -0.2) is 11.7 Å². The maximum atomic E-state index is 9.34. The minimum atomic E-state index is 0.195. The van der Waals surface area contributed by atoms with E-state index in [0.29, 0.717) is 0 Å². The number of furan rings is 1. The van der Waals surface area contributed by atoms with Crippen LogP contribution in [0.3, 0.4) is 0 Å². The Morgan fingerprint density at radius 3 is 2.28 bits per heavy atom. The van der Waals surface area contributed by atoms with Gasteiger partial charge in [0.2, 0.25) is 0 Å². The zero-order valence-corrected chi connectivity index (χ0v) is 11.7. The highest BCUT2D eigenvalue weighted by Crippen LogP contribution is 2.22. The van der Waals surface area contributed by atoms with Crippen molar-refractivity contribution in [2.24, 2.45) is 0 Å². The van der Waals surface area contributed by atoms with E-state index in [1.54, 1.807) is 6.26 Å². The summed E-state index contributed by atoms with van der Waals surface area (Å²) in [5, 5.41) is 9.34. The zero-order chi connectivity index (χ0) is 13.1. The number of aliphatic hydroxyl groups excluding tert-OH is 1. The van der Waals surface area contributed by atoms with Crippen LogP contribution in [0.5, 0.6) is 0 Å². The number of aliphatic hydroxyl groups is 1. The topological polar surface area (TPSA) is 33.4 Å². The Labute approximate surface area is 111 Å². The molecule has 0 aliphatic carbocycles. The van der Waals surface area contributed by atoms with E-state index in [9.17, 15) is 5.11 Å². The van der Waals surface area contributed by atoms with Crippen LogP contribution in [0, 0.1) is 0 Å². The van der Waals surface area contributed by atoms with Crippen LogP contribution >= 0.6 is 0 Å². The summed E-state index contributed by atoms with van der Waals surface area (Å²) in [5.41, 5.74) is 0. The molecule has 18 heavy (non-hydrogen) atoms. The summed E-state index contributed by atoms with van der Waals surface area (Å²) in [5.74, 6) is 1.13. The Morgan fingerprint density at radius 2 is 1.72 bits per heavy atom. The van der Waals surface area contributed by atoms with E-state index >= 15 is 0 Å². The van der Waals surface area contributed by atoms with Crippen molar-refractivity contribution >= 4 is 0 Å². The van der Waals surface area contributed by atoms with Gasteiger partial charge in [0.05, 0.1) is 12.9 Å². The first kappa shape index (κ1) is 15.3. The molecule has 0 saturated carbocycles. The van der Waals surface area contributed by atoms with Gasteiger partial charge in [-0.05, 0) is 18.6 Å². The molecule has 1 rings (SSSR count). The maximum absolute atomic E-state index is 9.34. The van der Waals surface area contributed by atoms with Gasteiger partial charge < -0.3 is 9.52 Å². The van der Waals surface area contributed by atoms with E-state index in [1.165, 1.54) is 51.4 Å². The Balaban J connectivity index is 1.99. The molecule has 0 aliphatic heterocycles. The molecule has 1 N–H and O–H groups in total. The number of hydrogen-bond donors (Lipinski definition) is 1. The molecular weight excluding hydrogens is 224 g/mol. The first-order valence-corrected chi connectivity index (χ1v) is 7.52. The molecule has 0 aromatic carbocycles. The molecule has 1 aromatic heterocycles. The summed E-state index contributed by atoms with van der Waals surface area (Å²) >= 11 is 0. The lowest BCUT2D eigenvalue weighted by Gasteiger charge is -2.10. The maximum Gasteiger partial charge on any atom is 0.109 e. The fourth-order valence-electron chi connectivity index (χ4n) is 2.37. The predicted octanol–water partition coefficient (Wildman–Crippen LogP) is 4.89. The largest absolute Gasteiger partial charge is 0.469 e. The monoisotopic (exact) mass is 252 g/mol. The number of unbranched alkanes of at least 4 members (excludes halogenated alkanes) is 7. The smallest absolute Gasteiger partial charge is 0.109 e. The summed E-state index contributed by atoms with van der Waals surface area (Å²) in [4.78, 5) is 0. The Bertz CT molecular complexity index is 267. The first-order valence-electron chi connectivity index (χ1n) is 7.52. The van der Waals surface area contributed by atoms with Gasteiger partial charge >= 0.3 is 0 Å². The minimum Gasteiger partial charge on any atom is -0.469 e. The third-order valence-electron chi connectivity index (χ3n) is 3.57. The average molecular weight is 252 g/mol. The van der Waals surface area contributed by atoms with Crippen LogP contribution in [0.25, 0.3) is 0 Å². The van der Waals surface area contributed by atoms with Gasteiger partial charge in [0.1, 0.15) is 5.76 Å². The summed E-state index contributed by atoms with van der Waals surface area (Å²) < 4.78 is 5.35. The second-order valence-corrected chi connectivity index (χ2v) is 5.16. The lowest BCUT2D eigenvalue weighted by molar-refractivity contribution is 0.239. The standard InChI is InChI=1S/C16H28O2/c1-2-3-4-5-6-7-8-9-11-15(14-17)16-12-10-13-18-16/h10,12-13,15,17H,2-9,11,14H2,1H3. The van der Waals surface area contributed by atoms with Crippen molar-refractivity contribution in [2.45, 2.75) is 70.6 Å². The molecule has 0 spiro atoms. The summed E-state index contributed by atoms with van der Waals surface area (Å²) in [6.45, 7) is 2.45. The number of hydrogen-bond acceptors (Lipinski definition) is 2.